The fourth-order valence-corrected chi connectivity index (χ4v) is 4.98. The predicted octanol–water partition coefficient (Wildman–Crippen LogP) is 8.58. The first-order chi connectivity index (χ1) is 15.8. The summed E-state index contributed by atoms with van der Waals surface area (Å²) >= 11 is 3.50. The lowest BCUT2D eigenvalue weighted by Crippen LogP contribution is -2.35. The molecule has 0 aliphatic carbocycles. The first-order valence-corrected chi connectivity index (χ1v) is 14.6. The zero-order valence-corrected chi connectivity index (χ0v) is 22.0. The van der Waals surface area contributed by atoms with Gasteiger partial charge >= 0.3 is 0 Å². The maximum atomic E-state index is 12.5. The van der Waals surface area contributed by atoms with Crippen molar-refractivity contribution in [2.75, 3.05) is 30.3 Å². The van der Waals surface area contributed by atoms with Crippen LogP contribution in [0.1, 0.15) is 120 Å². The van der Waals surface area contributed by atoms with Crippen LogP contribution in [0.2, 0.25) is 0 Å². The van der Waals surface area contributed by atoms with Gasteiger partial charge in [0.05, 0.1) is 0 Å². The Balaban J connectivity index is 1.38. The van der Waals surface area contributed by atoms with Crippen LogP contribution in [0.5, 0.6) is 0 Å². The topological polar surface area (TPSA) is 32.3 Å². The normalized spacial score (nSPS) is 14.0. The van der Waals surface area contributed by atoms with Crippen molar-refractivity contribution in [2.45, 2.75) is 109 Å². The van der Waals surface area contributed by atoms with Crippen molar-refractivity contribution < 1.29 is 4.79 Å². The average Bonchev–Trinajstić information content (AvgIpc) is 2.84. The van der Waals surface area contributed by atoms with E-state index in [2.05, 4.69) is 33.4 Å². The van der Waals surface area contributed by atoms with Crippen LogP contribution < -0.4 is 5.32 Å². The summed E-state index contributed by atoms with van der Waals surface area (Å²) in [6.07, 6.45) is 23.0. The molecule has 1 N–H and O–H groups in total. The number of piperidine rings is 1. The highest BCUT2D eigenvalue weighted by atomic mass is 79.9. The van der Waals surface area contributed by atoms with Gasteiger partial charge in [-0.3, -0.25) is 4.79 Å². The van der Waals surface area contributed by atoms with E-state index >= 15 is 0 Å². The zero-order chi connectivity index (χ0) is 22.7. The number of rotatable bonds is 18. The molecular weight excluding hydrogens is 460 g/mol. The van der Waals surface area contributed by atoms with Crippen LogP contribution in [-0.2, 0) is 0 Å². The van der Waals surface area contributed by atoms with Crippen LogP contribution in [-0.4, -0.2) is 35.8 Å². The van der Waals surface area contributed by atoms with E-state index in [4.69, 9.17) is 0 Å². The smallest absolute Gasteiger partial charge is 0.253 e. The molecule has 1 amide bonds. The van der Waals surface area contributed by atoms with Crippen LogP contribution >= 0.6 is 15.9 Å². The van der Waals surface area contributed by atoms with Gasteiger partial charge in [0, 0.05) is 36.2 Å². The van der Waals surface area contributed by atoms with Gasteiger partial charge in [-0.25, -0.2) is 0 Å². The number of carbonyl (C=O) groups excluding carboxylic acids is 1. The summed E-state index contributed by atoms with van der Waals surface area (Å²) in [5, 5.41) is 4.68. The molecule has 2 rings (SSSR count). The van der Waals surface area contributed by atoms with Crippen LogP contribution in [0.4, 0.5) is 5.69 Å². The van der Waals surface area contributed by atoms with Crippen molar-refractivity contribution >= 4 is 27.5 Å². The molecule has 1 fully saturated rings. The zero-order valence-electron chi connectivity index (χ0n) is 20.4. The number of hydrogen-bond donors (Lipinski definition) is 1. The first-order valence-electron chi connectivity index (χ1n) is 13.5. The molecule has 0 saturated carbocycles. The third-order valence-electron chi connectivity index (χ3n) is 6.66. The van der Waals surface area contributed by atoms with E-state index in [9.17, 15) is 4.79 Å². The van der Waals surface area contributed by atoms with Crippen molar-refractivity contribution in [2.24, 2.45) is 0 Å². The predicted molar refractivity (Wildman–Crippen MR) is 143 cm³/mol. The maximum Gasteiger partial charge on any atom is 0.253 e. The molecule has 1 aromatic carbocycles. The van der Waals surface area contributed by atoms with E-state index in [1.807, 2.05) is 17.0 Å². The number of halogens is 1. The minimum Gasteiger partial charge on any atom is -0.385 e. The van der Waals surface area contributed by atoms with Gasteiger partial charge in [0.2, 0.25) is 0 Å². The number of benzene rings is 1. The number of alkyl halides is 1. The number of nitrogens with one attached hydrogen (secondary N) is 1. The standard InChI is InChI=1S/C28H47BrN2O/c29-22-14-11-9-7-5-3-1-2-4-6-8-10-12-15-23-30-27-20-18-26(19-21-27)28(32)31-24-16-13-17-25-31/h18-21,30H,1-17,22-25H2. The molecule has 1 saturated heterocycles. The molecule has 32 heavy (non-hydrogen) atoms. The number of carbonyl (C=O) groups is 1. The molecule has 0 unspecified atom stereocenters. The van der Waals surface area contributed by atoms with E-state index < -0.39 is 0 Å². The maximum absolute atomic E-state index is 12.5. The van der Waals surface area contributed by atoms with E-state index in [1.165, 1.54) is 102 Å². The van der Waals surface area contributed by atoms with E-state index in [-0.39, 0.29) is 5.91 Å². The lowest BCUT2D eigenvalue weighted by molar-refractivity contribution is 0.0724. The van der Waals surface area contributed by atoms with Gasteiger partial charge in [0.25, 0.3) is 5.91 Å². The van der Waals surface area contributed by atoms with Crippen LogP contribution in [0.25, 0.3) is 0 Å². The third-order valence-corrected chi connectivity index (χ3v) is 7.23. The van der Waals surface area contributed by atoms with Gasteiger partial charge in [-0.05, 0) is 56.4 Å². The van der Waals surface area contributed by atoms with Crippen LogP contribution in [0.15, 0.2) is 24.3 Å². The Morgan fingerprint density at radius 2 is 1.16 bits per heavy atom. The van der Waals surface area contributed by atoms with Gasteiger partial charge in [-0.1, -0.05) is 93.0 Å². The summed E-state index contributed by atoms with van der Waals surface area (Å²) in [6, 6.07) is 8.06. The van der Waals surface area contributed by atoms with Crippen molar-refractivity contribution in [3.05, 3.63) is 29.8 Å². The van der Waals surface area contributed by atoms with Crippen LogP contribution in [0.3, 0.4) is 0 Å². The van der Waals surface area contributed by atoms with Crippen molar-refractivity contribution in [3.8, 4) is 0 Å². The third kappa shape index (κ3) is 12.3. The van der Waals surface area contributed by atoms with Gasteiger partial charge < -0.3 is 10.2 Å². The summed E-state index contributed by atoms with van der Waals surface area (Å²) in [5.74, 6) is 0.192. The number of amides is 1. The van der Waals surface area contributed by atoms with Crippen molar-refractivity contribution in [1.82, 2.24) is 4.90 Å². The summed E-state index contributed by atoms with van der Waals surface area (Å²) in [7, 11) is 0. The fourth-order valence-electron chi connectivity index (χ4n) is 4.58. The Hall–Kier alpha value is -1.03. The second kappa shape index (κ2) is 18.4. The molecule has 0 atom stereocenters. The molecule has 0 aromatic heterocycles. The molecule has 0 radical (unpaired) electrons. The lowest BCUT2D eigenvalue weighted by Gasteiger charge is -2.26. The Labute approximate surface area is 206 Å². The Morgan fingerprint density at radius 3 is 1.66 bits per heavy atom. The molecule has 0 bridgehead atoms. The molecule has 1 aliphatic rings. The monoisotopic (exact) mass is 506 g/mol. The summed E-state index contributed by atoms with van der Waals surface area (Å²) in [6.45, 7) is 2.85. The molecule has 1 aliphatic heterocycles. The number of nitrogens with zero attached hydrogens (tertiary/aromatic N) is 1. The number of unbranched alkanes of at least 4 members (excludes halogenated alkanes) is 13. The Morgan fingerprint density at radius 1 is 0.688 bits per heavy atom. The first kappa shape index (κ1) is 27.2. The highest BCUT2D eigenvalue weighted by Gasteiger charge is 2.17. The van der Waals surface area contributed by atoms with Crippen LogP contribution in [0, 0.1) is 0 Å². The number of anilines is 1. The fraction of sp³-hybridized carbons (Fsp3) is 0.750. The summed E-state index contributed by atoms with van der Waals surface area (Å²) in [5.41, 5.74) is 1.95. The SMILES string of the molecule is O=C(c1ccc(NCCCCCCCCCCCCCCCCBr)cc1)N1CCCCC1. The highest BCUT2D eigenvalue weighted by Crippen LogP contribution is 2.16. The molecule has 0 spiro atoms. The highest BCUT2D eigenvalue weighted by molar-refractivity contribution is 9.09. The number of hydrogen-bond acceptors (Lipinski definition) is 2. The molecule has 1 heterocycles. The second-order valence-corrected chi connectivity index (χ2v) is 10.3. The molecule has 182 valence electrons. The number of likely N-dealkylation sites (tertiary alicyclic amines) is 1. The molecule has 3 nitrogen and oxygen atoms in total. The minimum absolute atomic E-state index is 0.192. The van der Waals surface area contributed by atoms with Gasteiger partial charge in [0.15, 0.2) is 0 Å². The Bertz CT molecular complexity index is 584. The van der Waals surface area contributed by atoms with Gasteiger partial charge in [-0.15, -0.1) is 0 Å². The van der Waals surface area contributed by atoms with E-state index in [0.717, 1.165) is 43.7 Å². The quantitative estimate of drug-likeness (QED) is 0.159. The molecule has 1 aromatic rings. The lowest BCUT2D eigenvalue weighted by atomic mass is 10.0. The van der Waals surface area contributed by atoms with Gasteiger partial charge in [0.1, 0.15) is 0 Å². The Kier molecular flexibility index (Phi) is 15.7. The van der Waals surface area contributed by atoms with E-state index in [1.54, 1.807) is 0 Å². The van der Waals surface area contributed by atoms with E-state index in [0.29, 0.717) is 0 Å². The summed E-state index contributed by atoms with van der Waals surface area (Å²) < 4.78 is 0. The largest absolute Gasteiger partial charge is 0.385 e. The minimum atomic E-state index is 0.192. The molecular formula is C28H47BrN2O. The van der Waals surface area contributed by atoms with Crippen molar-refractivity contribution in [1.29, 1.82) is 0 Å². The second-order valence-electron chi connectivity index (χ2n) is 9.50. The average molecular weight is 508 g/mol. The van der Waals surface area contributed by atoms with Crippen molar-refractivity contribution in [3.63, 3.8) is 0 Å². The molecule has 4 heteroatoms. The summed E-state index contributed by atoms with van der Waals surface area (Å²) in [4.78, 5) is 14.5. The van der Waals surface area contributed by atoms with Gasteiger partial charge in [-0.2, -0.15) is 0 Å².